The summed E-state index contributed by atoms with van der Waals surface area (Å²) >= 11 is 1.29. The van der Waals surface area contributed by atoms with Crippen LogP contribution in [0.5, 0.6) is 5.75 Å². The van der Waals surface area contributed by atoms with Crippen LogP contribution in [0.2, 0.25) is 0 Å². The molecule has 194 valence electrons. The number of rotatable bonds is 8. The topological polar surface area (TPSA) is 60.4 Å². The van der Waals surface area contributed by atoms with E-state index in [2.05, 4.69) is 40.9 Å². The molecular weight excluding hydrogens is 482 g/mol. The summed E-state index contributed by atoms with van der Waals surface area (Å²) in [6.45, 7) is 12.7. The van der Waals surface area contributed by atoms with Crippen LogP contribution in [0.3, 0.4) is 0 Å². The summed E-state index contributed by atoms with van der Waals surface area (Å²) in [5, 5.41) is 3.28. The highest BCUT2D eigenvalue weighted by Crippen LogP contribution is 2.29. The zero-order chi connectivity index (χ0) is 26.4. The molecule has 7 nitrogen and oxygen atoms in total. The molecule has 0 bridgehead atoms. The minimum atomic E-state index is -0.0882. The van der Waals surface area contributed by atoms with Gasteiger partial charge in [-0.3, -0.25) is 9.69 Å². The highest BCUT2D eigenvalue weighted by Gasteiger charge is 2.29. The molecule has 0 aliphatic carbocycles. The molecule has 0 saturated carbocycles. The molecule has 2 heterocycles. The summed E-state index contributed by atoms with van der Waals surface area (Å²) in [5.74, 6) is 1.73. The van der Waals surface area contributed by atoms with E-state index in [0.29, 0.717) is 23.8 Å². The van der Waals surface area contributed by atoms with Gasteiger partial charge in [0.1, 0.15) is 17.4 Å². The molecule has 1 amide bonds. The van der Waals surface area contributed by atoms with Gasteiger partial charge in [-0.05, 0) is 68.9 Å². The van der Waals surface area contributed by atoms with E-state index in [0.717, 1.165) is 48.8 Å². The molecule has 1 N–H and O–H groups in total. The average Bonchev–Trinajstić information content (AvgIpc) is 2.91. The van der Waals surface area contributed by atoms with Crippen molar-refractivity contribution in [2.45, 2.75) is 13.8 Å². The number of anilines is 2. The largest absolute Gasteiger partial charge is 0.426 e. The maximum absolute atomic E-state index is 13.4. The van der Waals surface area contributed by atoms with Gasteiger partial charge in [0.05, 0.1) is 12.0 Å². The van der Waals surface area contributed by atoms with Crippen LogP contribution in [0.15, 0.2) is 83.6 Å². The number of allylic oxidation sites excluding steroid dienone is 1. The lowest BCUT2D eigenvalue weighted by Gasteiger charge is -2.34. The highest BCUT2D eigenvalue weighted by molar-refractivity contribution is 7.94. The summed E-state index contributed by atoms with van der Waals surface area (Å²) in [6.07, 6.45) is 5.74. The fourth-order valence-electron chi connectivity index (χ4n) is 4.45. The van der Waals surface area contributed by atoms with E-state index in [-0.39, 0.29) is 5.91 Å². The molecule has 2 aromatic carbocycles. The molecule has 1 saturated heterocycles. The van der Waals surface area contributed by atoms with Gasteiger partial charge in [0.2, 0.25) is 0 Å². The Morgan fingerprint density at radius 2 is 1.78 bits per heavy atom. The summed E-state index contributed by atoms with van der Waals surface area (Å²) in [5.41, 5.74) is 4.46. The highest BCUT2D eigenvalue weighted by atomic mass is 32.2. The Bertz CT molecular complexity index is 1210. The van der Waals surface area contributed by atoms with Crippen molar-refractivity contribution in [2.24, 2.45) is 4.99 Å². The van der Waals surface area contributed by atoms with Crippen molar-refractivity contribution in [2.75, 3.05) is 56.2 Å². The van der Waals surface area contributed by atoms with Gasteiger partial charge >= 0.3 is 0 Å². The Hall–Kier alpha value is -3.49. The Kier molecular flexibility index (Phi) is 8.74. The number of amidine groups is 1. The third-order valence-electron chi connectivity index (χ3n) is 6.53. The molecule has 2 aromatic rings. The molecule has 0 aromatic heterocycles. The molecule has 0 unspecified atom stereocenters. The lowest BCUT2D eigenvalue weighted by Crippen LogP contribution is -2.44. The normalized spacial score (nSPS) is 18.8. The molecule has 37 heavy (non-hydrogen) atoms. The first-order chi connectivity index (χ1) is 17.9. The first-order valence-corrected chi connectivity index (χ1v) is 13.7. The second kappa shape index (κ2) is 12.2. The second-order valence-corrected chi connectivity index (χ2v) is 9.47. The monoisotopic (exact) mass is 517 g/mol. The van der Waals surface area contributed by atoms with Gasteiger partial charge in [0.25, 0.3) is 5.91 Å². The predicted octanol–water partition coefficient (Wildman–Crippen LogP) is 5.27. The summed E-state index contributed by atoms with van der Waals surface area (Å²) in [6, 6.07) is 15.9. The number of aliphatic imine (C=N–C) groups is 1. The molecule has 2 aliphatic rings. The minimum Gasteiger partial charge on any atom is -0.426 e. The Labute approximate surface area is 224 Å². The summed E-state index contributed by atoms with van der Waals surface area (Å²) < 4.78 is 5.46. The van der Waals surface area contributed by atoms with Crippen LogP contribution in [0, 0.1) is 0 Å². The van der Waals surface area contributed by atoms with Crippen LogP contribution in [-0.4, -0.2) is 67.6 Å². The first-order valence-electron chi connectivity index (χ1n) is 12.5. The number of carbonyl (C=O) groups is 1. The van der Waals surface area contributed by atoms with Crippen molar-refractivity contribution < 1.29 is 8.98 Å². The Balaban J connectivity index is 1.51. The predicted molar refractivity (Wildman–Crippen MR) is 156 cm³/mol. The number of nitrogens with zero attached hydrogens (tertiary/aromatic N) is 4. The van der Waals surface area contributed by atoms with Gasteiger partial charge in [-0.25, -0.2) is 4.99 Å². The van der Waals surface area contributed by atoms with Crippen LogP contribution >= 0.6 is 12.0 Å². The van der Waals surface area contributed by atoms with Crippen molar-refractivity contribution in [3.8, 4) is 5.75 Å². The molecule has 4 rings (SSSR count). The van der Waals surface area contributed by atoms with Crippen LogP contribution < -0.4 is 14.4 Å². The van der Waals surface area contributed by atoms with Crippen LogP contribution in [0.1, 0.15) is 19.4 Å². The number of piperazine rings is 1. The maximum atomic E-state index is 13.4. The van der Waals surface area contributed by atoms with Crippen molar-refractivity contribution in [1.82, 2.24) is 9.80 Å². The summed E-state index contributed by atoms with van der Waals surface area (Å²) in [4.78, 5) is 24.6. The molecule has 0 spiro atoms. The number of hydrogen-bond donors (Lipinski definition) is 1. The number of nitrogens with one attached hydrogen (secondary N) is 1. The van der Waals surface area contributed by atoms with E-state index in [1.807, 2.05) is 68.7 Å². The Morgan fingerprint density at radius 3 is 2.38 bits per heavy atom. The number of amides is 1. The van der Waals surface area contributed by atoms with Crippen LogP contribution in [0.4, 0.5) is 11.4 Å². The number of carbonyl (C=O) groups excluding carboxylic acids is 1. The molecular formula is C29H35N5O2S. The molecule has 1 fully saturated rings. The molecule has 0 radical (unpaired) electrons. The fraction of sp³-hybridized carbons (Fsp3) is 0.310. The third kappa shape index (κ3) is 6.26. The Morgan fingerprint density at radius 1 is 1.11 bits per heavy atom. The second-order valence-electron chi connectivity index (χ2n) is 8.97. The van der Waals surface area contributed by atoms with Crippen molar-refractivity contribution >= 4 is 40.7 Å². The SMILES string of the molecule is C=C(/N=C1\C(=C/C)C=C(c2ccc(OSC)cc2)C(=O)N1CC)Nc1ccc(N2CCN(C)CC2)cc1. The lowest BCUT2D eigenvalue weighted by molar-refractivity contribution is -0.121. The van der Waals surface area contributed by atoms with E-state index < -0.39 is 0 Å². The molecule has 2 aliphatic heterocycles. The van der Waals surface area contributed by atoms with Gasteiger partial charge < -0.3 is 19.3 Å². The zero-order valence-corrected chi connectivity index (χ0v) is 22.8. The van der Waals surface area contributed by atoms with E-state index in [1.54, 1.807) is 4.90 Å². The average molecular weight is 518 g/mol. The molecule has 0 atom stereocenters. The minimum absolute atomic E-state index is 0.0882. The van der Waals surface area contributed by atoms with Crippen LogP contribution in [-0.2, 0) is 4.79 Å². The quantitative estimate of drug-likeness (QED) is 0.482. The first kappa shape index (κ1) is 26.6. The van der Waals surface area contributed by atoms with Gasteiger partial charge in [0.15, 0.2) is 0 Å². The van der Waals surface area contributed by atoms with Gasteiger partial charge in [-0.1, -0.05) is 24.8 Å². The summed E-state index contributed by atoms with van der Waals surface area (Å²) in [7, 11) is 2.16. The zero-order valence-electron chi connectivity index (χ0n) is 22.0. The van der Waals surface area contributed by atoms with Crippen molar-refractivity contribution in [1.29, 1.82) is 0 Å². The van der Waals surface area contributed by atoms with E-state index >= 15 is 0 Å². The van der Waals surface area contributed by atoms with E-state index in [4.69, 9.17) is 9.18 Å². The van der Waals surface area contributed by atoms with Gasteiger partial charge in [-0.2, -0.15) is 0 Å². The van der Waals surface area contributed by atoms with E-state index in [1.165, 1.54) is 17.7 Å². The van der Waals surface area contributed by atoms with Gasteiger partial charge in [-0.15, -0.1) is 0 Å². The standard InChI is InChI=1S/C29H35N5O2S/c1-6-22-20-27(23-8-14-26(15-9-23)36-37-5)29(35)34(7-2)28(22)31-21(3)30-24-10-12-25(13-11-24)33-18-16-32(4)17-19-33/h6,8-15,20,30H,3,7,16-19H2,1-2,4-5H3/b22-6-,31-28+. The number of hydrogen-bond acceptors (Lipinski definition) is 7. The third-order valence-corrected chi connectivity index (χ3v) is 6.89. The van der Waals surface area contributed by atoms with Crippen molar-refractivity contribution in [3.05, 3.63) is 84.2 Å². The maximum Gasteiger partial charge on any atom is 0.260 e. The lowest BCUT2D eigenvalue weighted by atomic mass is 9.96. The van der Waals surface area contributed by atoms with Crippen molar-refractivity contribution in [3.63, 3.8) is 0 Å². The number of likely N-dealkylation sites (N-methyl/N-ethyl adjacent to an activating group) is 2. The van der Waals surface area contributed by atoms with E-state index in [9.17, 15) is 4.79 Å². The van der Waals surface area contributed by atoms with Crippen LogP contribution in [0.25, 0.3) is 5.57 Å². The number of benzene rings is 2. The molecule has 8 heteroatoms. The van der Waals surface area contributed by atoms with Gasteiger partial charge in [0, 0.05) is 61.5 Å². The fourth-order valence-corrected chi connectivity index (χ4v) is 4.75. The smallest absolute Gasteiger partial charge is 0.260 e.